The molecule has 2 aromatic carbocycles. The Labute approximate surface area is 202 Å². The standard InChI is InChI=1S/C25H25ClN2O4S/c1-31-20-14-16-10-12-28(24(22-8-5-13-33-22)18(16)15-21(20)32-2)23(29)9-11-27-25(30)17-6-3-4-7-19(17)26/h3-8,13-15,24H,9-12H2,1-2H3,(H,27,30). The number of amides is 2. The molecule has 1 aliphatic heterocycles. The fourth-order valence-electron chi connectivity index (χ4n) is 4.14. The van der Waals surface area contributed by atoms with Crippen LogP contribution in [0.4, 0.5) is 0 Å². The molecule has 0 saturated carbocycles. The molecule has 33 heavy (non-hydrogen) atoms. The molecule has 172 valence electrons. The third-order valence-corrected chi connectivity index (χ3v) is 7.00. The third-order valence-electron chi connectivity index (χ3n) is 5.75. The zero-order chi connectivity index (χ0) is 23.4. The minimum atomic E-state index is -0.288. The number of rotatable bonds is 7. The van der Waals surface area contributed by atoms with E-state index in [4.69, 9.17) is 21.1 Å². The number of ether oxygens (including phenoxy) is 2. The van der Waals surface area contributed by atoms with Crippen LogP contribution < -0.4 is 14.8 Å². The van der Waals surface area contributed by atoms with E-state index in [9.17, 15) is 9.59 Å². The minimum Gasteiger partial charge on any atom is -0.493 e. The number of methoxy groups -OCH3 is 2. The lowest BCUT2D eigenvalue weighted by molar-refractivity contribution is -0.133. The van der Waals surface area contributed by atoms with Gasteiger partial charge in [0.2, 0.25) is 5.91 Å². The van der Waals surface area contributed by atoms with E-state index in [1.807, 2.05) is 34.5 Å². The minimum absolute atomic E-state index is 0.0201. The maximum Gasteiger partial charge on any atom is 0.252 e. The monoisotopic (exact) mass is 484 g/mol. The molecule has 1 N–H and O–H groups in total. The fraction of sp³-hybridized carbons (Fsp3) is 0.280. The Morgan fingerprint density at radius 1 is 1.12 bits per heavy atom. The van der Waals surface area contributed by atoms with Crippen molar-refractivity contribution in [3.63, 3.8) is 0 Å². The van der Waals surface area contributed by atoms with Gasteiger partial charge in [-0.05, 0) is 53.3 Å². The van der Waals surface area contributed by atoms with Crippen molar-refractivity contribution in [2.24, 2.45) is 0 Å². The van der Waals surface area contributed by atoms with Crippen molar-refractivity contribution < 1.29 is 19.1 Å². The maximum absolute atomic E-state index is 13.3. The summed E-state index contributed by atoms with van der Waals surface area (Å²) in [7, 11) is 3.23. The van der Waals surface area contributed by atoms with E-state index in [1.54, 1.807) is 49.8 Å². The van der Waals surface area contributed by atoms with Gasteiger partial charge in [0, 0.05) is 24.4 Å². The molecule has 4 rings (SSSR count). The number of benzene rings is 2. The molecule has 0 saturated heterocycles. The average molecular weight is 485 g/mol. The molecular formula is C25H25ClN2O4S. The number of halogens is 1. The fourth-order valence-corrected chi connectivity index (χ4v) is 5.21. The van der Waals surface area contributed by atoms with E-state index in [-0.39, 0.29) is 30.8 Å². The zero-order valence-electron chi connectivity index (χ0n) is 18.5. The smallest absolute Gasteiger partial charge is 0.252 e. The summed E-state index contributed by atoms with van der Waals surface area (Å²) >= 11 is 7.71. The topological polar surface area (TPSA) is 67.9 Å². The van der Waals surface area contributed by atoms with Crippen LogP contribution in [-0.2, 0) is 11.2 Å². The first kappa shape index (κ1) is 23.1. The van der Waals surface area contributed by atoms with Gasteiger partial charge in [-0.2, -0.15) is 0 Å². The molecule has 1 unspecified atom stereocenters. The number of nitrogens with one attached hydrogen (secondary N) is 1. The van der Waals surface area contributed by atoms with Crippen molar-refractivity contribution in [1.82, 2.24) is 10.2 Å². The molecule has 2 amide bonds. The molecule has 6 nitrogen and oxygen atoms in total. The molecule has 2 heterocycles. The molecule has 1 atom stereocenters. The Morgan fingerprint density at radius 2 is 1.88 bits per heavy atom. The summed E-state index contributed by atoms with van der Waals surface area (Å²) in [6.07, 6.45) is 0.913. The van der Waals surface area contributed by atoms with Crippen LogP contribution in [0.1, 0.15) is 38.8 Å². The second-order valence-electron chi connectivity index (χ2n) is 7.65. The van der Waals surface area contributed by atoms with E-state index in [1.165, 1.54) is 0 Å². The summed E-state index contributed by atoms with van der Waals surface area (Å²) in [6.45, 7) is 0.817. The molecule has 1 aromatic heterocycles. The Kier molecular flexibility index (Phi) is 7.20. The largest absolute Gasteiger partial charge is 0.493 e. The van der Waals surface area contributed by atoms with Crippen molar-refractivity contribution >= 4 is 34.8 Å². The van der Waals surface area contributed by atoms with Gasteiger partial charge in [-0.1, -0.05) is 29.8 Å². The predicted molar refractivity (Wildman–Crippen MR) is 130 cm³/mol. The molecule has 0 spiro atoms. The number of carbonyl (C=O) groups excluding carboxylic acids is 2. The van der Waals surface area contributed by atoms with Crippen LogP contribution in [-0.4, -0.2) is 44.0 Å². The van der Waals surface area contributed by atoms with Gasteiger partial charge in [-0.3, -0.25) is 9.59 Å². The summed E-state index contributed by atoms with van der Waals surface area (Å²) in [4.78, 5) is 28.7. The van der Waals surface area contributed by atoms with E-state index < -0.39 is 0 Å². The first-order chi connectivity index (χ1) is 16.0. The summed E-state index contributed by atoms with van der Waals surface area (Å²) < 4.78 is 11.0. The summed E-state index contributed by atoms with van der Waals surface area (Å²) in [5, 5.41) is 5.20. The van der Waals surface area contributed by atoms with Crippen LogP contribution in [0.5, 0.6) is 11.5 Å². The molecule has 0 radical (unpaired) electrons. The van der Waals surface area contributed by atoms with Gasteiger partial charge in [-0.25, -0.2) is 0 Å². The number of fused-ring (bicyclic) bond motifs is 1. The molecule has 1 aliphatic rings. The van der Waals surface area contributed by atoms with E-state index in [0.29, 0.717) is 28.6 Å². The lowest BCUT2D eigenvalue weighted by Crippen LogP contribution is -2.41. The number of hydrogen-bond acceptors (Lipinski definition) is 5. The van der Waals surface area contributed by atoms with Crippen LogP contribution >= 0.6 is 22.9 Å². The number of nitrogens with zero attached hydrogens (tertiary/aromatic N) is 1. The second kappa shape index (κ2) is 10.3. The normalized spacial score (nSPS) is 15.0. The van der Waals surface area contributed by atoms with E-state index in [2.05, 4.69) is 5.32 Å². The highest BCUT2D eigenvalue weighted by Gasteiger charge is 2.33. The second-order valence-corrected chi connectivity index (χ2v) is 9.03. The summed E-state index contributed by atoms with van der Waals surface area (Å²) in [5.74, 6) is 1.01. The summed E-state index contributed by atoms with van der Waals surface area (Å²) in [6, 6.07) is 14.6. The zero-order valence-corrected chi connectivity index (χ0v) is 20.0. The third kappa shape index (κ3) is 4.84. The van der Waals surface area contributed by atoms with E-state index in [0.717, 1.165) is 22.4 Å². The number of carbonyl (C=O) groups is 2. The van der Waals surface area contributed by atoms with Gasteiger partial charge in [0.1, 0.15) is 0 Å². The molecule has 0 bridgehead atoms. The Balaban J connectivity index is 1.53. The first-order valence-corrected chi connectivity index (χ1v) is 11.9. The summed E-state index contributed by atoms with van der Waals surface area (Å²) in [5.41, 5.74) is 2.58. The quantitative estimate of drug-likeness (QED) is 0.527. The highest BCUT2D eigenvalue weighted by atomic mass is 35.5. The van der Waals surface area contributed by atoms with Gasteiger partial charge in [0.05, 0.1) is 30.8 Å². The van der Waals surface area contributed by atoms with Crippen LogP contribution in [0, 0.1) is 0 Å². The van der Waals surface area contributed by atoms with Crippen LogP contribution in [0.15, 0.2) is 53.9 Å². The number of hydrogen-bond donors (Lipinski definition) is 1. The van der Waals surface area contributed by atoms with Crippen LogP contribution in [0.25, 0.3) is 0 Å². The van der Waals surface area contributed by atoms with Gasteiger partial charge in [-0.15, -0.1) is 11.3 Å². The SMILES string of the molecule is COc1cc2c(cc1OC)C(c1cccs1)N(C(=O)CCNC(=O)c1ccccc1Cl)CC2. The Hall–Kier alpha value is -3.03. The number of thiophene rings is 1. The average Bonchev–Trinajstić information content (AvgIpc) is 3.37. The van der Waals surface area contributed by atoms with E-state index >= 15 is 0 Å². The lowest BCUT2D eigenvalue weighted by atomic mass is 9.90. The van der Waals surface area contributed by atoms with Gasteiger partial charge in [0.25, 0.3) is 5.91 Å². The molecule has 3 aromatic rings. The molecule has 0 aliphatic carbocycles. The van der Waals surface area contributed by atoms with Crippen LogP contribution in [0.2, 0.25) is 5.02 Å². The molecule has 0 fully saturated rings. The van der Waals surface area contributed by atoms with Crippen molar-refractivity contribution in [2.75, 3.05) is 27.3 Å². The Morgan fingerprint density at radius 3 is 2.58 bits per heavy atom. The van der Waals surface area contributed by atoms with Gasteiger partial charge < -0.3 is 19.7 Å². The van der Waals surface area contributed by atoms with Crippen molar-refractivity contribution in [2.45, 2.75) is 18.9 Å². The Bertz CT molecular complexity index is 1150. The van der Waals surface area contributed by atoms with Gasteiger partial charge in [0.15, 0.2) is 11.5 Å². The lowest BCUT2D eigenvalue weighted by Gasteiger charge is -2.37. The highest BCUT2D eigenvalue weighted by molar-refractivity contribution is 7.10. The van der Waals surface area contributed by atoms with Gasteiger partial charge >= 0.3 is 0 Å². The molecule has 8 heteroatoms. The first-order valence-electron chi connectivity index (χ1n) is 10.6. The van der Waals surface area contributed by atoms with Crippen LogP contribution in [0.3, 0.4) is 0 Å². The van der Waals surface area contributed by atoms with Crippen molar-refractivity contribution in [3.05, 3.63) is 80.5 Å². The van der Waals surface area contributed by atoms with Crippen molar-refractivity contribution in [3.8, 4) is 11.5 Å². The molecular weight excluding hydrogens is 460 g/mol. The predicted octanol–water partition coefficient (Wildman–Crippen LogP) is 4.71. The van der Waals surface area contributed by atoms with Crippen molar-refractivity contribution in [1.29, 1.82) is 0 Å². The highest BCUT2D eigenvalue weighted by Crippen LogP contribution is 2.42. The maximum atomic E-state index is 13.3.